The van der Waals surface area contributed by atoms with E-state index in [1.807, 2.05) is 0 Å². The highest BCUT2D eigenvalue weighted by atomic mass is 16.6. The first kappa shape index (κ1) is 61.9. The summed E-state index contributed by atoms with van der Waals surface area (Å²) < 4.78 is 16.8. The number of rotatable bonds is 52. The number of hydrogen-bond donors (Lipinski definition) is 0. The van der Waals surface area contributed by atoms with Gasteiger partial charge in [0.1, 0.15) is 13.2 Å². The summed E-state index contributed by atoms with van der Waals surface area (Å²) in [6.45, 7) is 6.63. The molecule has 0 bridgehead atoms. The Morgan fingerprint density at radius 3 is 0.828 bits per heavy atom. The van der Waals surface area contributed by atoms with Gasteiger partial charge in [-0.05, 0) is 64.2 Å². The second kappa shape index (κ2) is 53.5. The largest absolute Gasteiger partial charge is 0.462 e. The normalized spacial score (nSPS) is 12.1. The monoisotopic (exact) mass is 901 g/mol. The minimum absolute atomic E-state index is 0.0721. The van der Waals surface area contributed by atoms with Gasteiger partial charge in [-0.2, -0.15) is 0 Å². The summed E-state index contributed by atoms with van der Waals surface area (Å²) in [5, 5.41) is 0. The van der Waals surface area contributed by atoms with E-state index in [1.54, 1.807) is 0 Å². The molecule has 0 saturated heterocycles. The molecule has 0 aliphatic carbocycles. The molecule has 0 aliphatic rings. The van der Waals surface area contributed by atoms with Crippen molar-refractivity contribution in [1.82, 2.24) is 0 Å². The number of unbranched alkanes of at least 4 members (excludes halogenated alkanes) is 37. The summed E-state index contributed by atoms with van der Waals surface area (Å²) in [7, 11) is 0. The van der Waals surface area contributed by atoms with Crippen LogP contribution in [-0.2, 0) is 28.6 Å². The third-order valence-corrected chi connectivity index (χ3v) is 12.7. The Morgan fingerprint density at radius 1 is 0.297 bits per heavy atom. The summed E-state index contributed by atoms with van der Waals surface area (Å²) in [6, 6.07) is 0. The van der Waals surface area contributed by atoms with Crippen molar-refractivity contribution in [3.63, 3.8) is 0 Å². The van der Waals surface area contributed by atoms with Crippen molar-refractivity contribution < 1.29 is 28.6 Å². The SMILES string of the molecule is CCCC/C=C\CCCCCCCC(=O)OC[C@H](COC(=O)CCCCCCCCC/C=C\CCCCCCCCCC)OC(=O)CCCCCCCCCCCCCCCCCC. The quantitative estimate of drug-likeness (QED) is 0.0262. The lowest BCUT2D eigenvalue weighted by Crippen LogP contribution is -2.30. The number of hydrogen-bond acceptors (Lipinski definition) is 6. The molecule has 0 unspecified atom stereocenters. The van der Waals surface area contributed by atoms with E-state index in [9.17, 15) is 14.4 Å². The van der Waals surface area contributed by atoms with Crippen molar-refractivity contribution in [1.29, 1.82) is 0 Å². The fourth-order valence-electron chi connectivity index (χ4n) is 8.36. The molecule has 0 aromatic heterocycles. The molecule has 0 amide bonds. The predicted octanol–water partition coefficient (Wildman–Crippen LogP) is 18.7. The highest BCUT2D eigenvalue weighted by Gasteiger charge is 2.19. The lowest BCUT2D eigenvalue weighted by atomic mass is 10.0. The highest BCUT2D eigenvalue weighted by Crippen LogP contribution is 2.16. The van der Waals surface area contributed by atoms with Crippen LogP contribution in [0.3, 0.4) is 0 Å². The van der Waals surface area contributed by atoms with Crippen LogP contribution < -0.4 is 0 Å². The van der Waals surface area contributed by atoms with Crippen LogP contribution >= 0.6 is 0 Å². The van der Waals surface area contributed by atoms with Crippen molar-refractivity contribution >= 4 is 17.9 Å². The van der Waals surface area contributed by atoms with Gasteiger partial charge in [0.25, 0.3) is 0 Å². The average Bonchev–Trinajstić information content (AvgIpc) is 3.29. The zero-order chi connectivity index (χ0) is 46.5. The molecule has 6 nitrogen and oxygen atoms in total. The molecule has 0 saturated carbocycles. The summed E-state index contributed by atoms with van der Waals surface area (Å²) in [5.41, 5.74) is 0. The Hall–Kier alpha value is -2.11. The molecule has 0 spiro atoms. The second-order valence-corrected chi connectivity index (χ2v) is 19.2. The Morgan fingerprint density at radius 2 is 0.531 bits per heavy atom. The fourth-order valence-corrected chi connectivity index (χ4v) is 8.36. The van der Waals surface area contributed by atoms with Crippen LogP contribution in [0.25, 0.3) is 0 Å². The number of carbonyl (C=O) groups is 3. The maximum Gasteiger partial charge on any atom is 0.306 e. The molecule has 0 rings (SSSR count). The first-order valence-electron chi connectivity index (χ1n) is 28.3. The van der Waals surface area contributed by atoms with E-state index in [0.717, 1.165) is 64.2 Å². The molecule has 0 aromatic carbocycles. The zero-order valence-corrected chi connectivity index (χ0v) is 43.1. The van der Waals surface area contributed by atoms with Gasteiger partial charge >= 0.3 is 17.9 Å². The molecule has 1 atom stereocenters. The van der Waals surface area contributed by atoms with Gasteiger partial charge in [0.2, 0.25) is 0 Å². The molecule has 0 heterocycles. The van der Waals surface area contributed by atoms with E-state index in [1.165, 1.54) is 205 Å². The summed E-state index contributed by atoms with van der Waals surface area (Å²) in [6.07, 6.45) is 61.7. The standard InChI is InChI=1S/C58H108O6/c1-4-7-10-13-16-19-22-24-26-28-29-30-32-33-36-39-42-45-48-51-57(60)63-54-55(53-62-56(59)50-47-44-41-38-35-21-18-15-12-9-6-3)64-58(61)52-49-46-43-40-37-34-31-27-25-23-20-17-14-11-8-5-2/h15,18,28-29,55H,4-14,16-17,19-27,30-54H2,1-3H3/b18-15-,29-28-/t55-/m1/s1. The number of allylic oxidation sites excluding steroid dienone is 4. The maximum absolute atomic E-state index is 12.8. The van der Waals surface area contributed by atoms with Crippen molar-refractivity contribution in [2.24, 2.45) is 0 Å². The Bertz CT molecular complexity index is 1040. The van der Waals surface area contributed by atoms with Gasteiger partial charge in [0.05, 0.1) is 0 Å². The topological polar surface area (TPSA) is 78.9 Å². The van der Waals surface area contributed by atoms with Gasteiger partial charge in [-0.15, -0.1) is 0 Å². The van der Waals surface area contributed by atoms with Crippen LogP contribution in [-0.4, -0.2) is 37.2 Å². The van der Waals surface area contributed by atoms with E-state index in [2.05, 4.69) is 45.1 Å². The van der Waals surface area contributed by atoms with Crippen LogP contribution in [0.4, 0.5) is 0 Å². The van der Waals surface area contributed by atoms with E-state index in [4.69, 9.17) is 14.2 Å². The summed E-state index contributed by atoms with van der Waals surface area (Å²) in [4.78, 5) is 38.0. The third kappa shape index (κ3) is 50.9. The molecule has 0 aromatic rings. The zero-order valence-electron chi connectivity index (χ0n) is 43.1. The fraction of sp³-hybridized carbons (Fsp3) is 0.879. The smallest absolute Gasteiger partial charge is 0.306 e. The van der Waals surface area contributed by atoms with Crippen molar-refractivity contribution in [3.8, 4) is 0 Å². The second-order valence-electron chi connectivity index (χ2n) is 19.2. The van der Waals surface area contributed by atoms with Gasteiger partial charge in [-0.3, -0.25) is 14.4 Å². The molecule has 0 radical (unpaired) electrons. The van der Waals surface area contributed by atoms with Crippen molar-refractivity contribution in [3.05, 3.63) is 24.3 Å². The maximum atomic E-state index is 12.8. The minimum Gasteiger partial charge on any atom is -0.462 e. The van der Waals surface area contributed by atoms with Crippen LogP contribution in [0.5, 0.6) is 0 Å². The molecular formula is C58H108O6. The van der Waals surface area contributed by atoms with Crippen molar-refractivity contribution in [2.75, 3.05) is 13.2 Å². The van der Waals surface area contributed by atoms with Gasteiger partial charge in [-0.1, -0.05) is 251 Å². The first-order chi connectivity index (χ1) is 31.5. The van der Waals surface area contributed by atoms with E-state index in [-0.39, 0.29) is 31.1 Å². The highest BCUT2D eigenvalue weighted by molar-refractivity contribution is 5.71. The molecule has 0 fully saturated rings. The van der Waals surface area contributed by atoms with Crippen LogP contribution in [0.1, 0.15) is 310 Å². The molecule has 376 valence electrons. The van der Waals surface area contributed by atoms with Crippen LogP contribution in [0, 0.1) is 0 Å². The van der Waals surface area contributed by atoms with Crippen LogP contribution in [0.2, 0.25) is 0 Å². The van der Waals surface area contributed by atoms with Gasteiger partial charge in [0, 0.05) is 19.3 Å². The van der Waals surface area contributed by atoms with Crippen molar-refractivity contribution in [2.45, 2.75) is 316 Å². The average molecular weight is 901 g/mol. The van der Waals surface area contributed by atoms with Gasteiger partial charge < -0.3 is 14.2 Å². The first-order valence-corrected chi connectivity index (χ1v) is 28.3. The summed E-state index contributed by atoms with van der Waals surface area (Å²) in [5.74, 6) is -0.868. The molecule has 64 heavy (non-hydrogen) atoms. The number of carbonyl (C=O) groups excluding carboxylic acids is 3. The molecule has 6 heteroatoms. The van der Waals surface area contributed by atoms with Crippen LogP contribution in [0.15, 0.2) is 24.3 Å². The Balaban J connectivity index is 4.29. The molecule has 0 aliphatic heterocycles. The number of ether oxygens (including phenoxy) is 3. The van der Waals surface area contributed by atoms with E-state index < -0.39 is 6.10 Å². The Labute approximate surface area is 398 Å². The lowest BCUT2D eigenvalue weighted by molar-refractivity contribution is -0.167. The lowest BCUT2D eigenvalue weighted by Gasteiger charge is -2.18. The Kier molecular flexibility index (Phi) is 51.7. The predicted molar refractivity (Wildman–Crippen MR) is 275 cm³/mol. The minimum atomic E-state index is -0.771. The number of esters is 3. The summed E-state index contributed by atoms with van der Waals surface area (Å²) >= 11 is 0. The van der Waals surface area contributed by atoms with Gasteiger partial charge in [-0.25, -0.2) is 0 Å². The third-order valence-electron chi connectivity index (χ3n) is 12.7. The molecule has 0 N–H and O–H groups in total. The van der Waals surface area contributed by atoms with E-state index >= 15 is 0 Å². The van der Waals surface area contributed by atoms with E-state index in [0.29, 0.717) is 19.3 Å². The molecular weight excluding hydrogens is 793 g/mol. The van der Waals surface area contributed by atoms with Gasteiger partial charge in [0.15, 0.2) is 6.10 Å².